The summed E-state index contributed by atoms with van der Waals surface area (Å²) in [5, 5.41) is 14.9. The third-order valence-electron chi connectivity index (χ3n) is 4.73. The average molecular weight is 344 g/mol. The van der Waals surface area contributed by atoms with E-state index in [0.717, 1.165) is 36.9 Å². The fourth-order valence-electron chi connectivity index (χ4n) is 3.47. The van der Waals surface area contributed by atoms with Crippen molar-refractivity contribution in [3.05, 3.63) is 42.0 Å². The van der Waals surface area contributed by atoms with Crippen LogP contribution in [0.3, 0.4) is 0 Å². The monoisotopic (exact) mass is 344 g/mol. The molecule has 3 rings (SSSR count). The summed E-state index contributed by atoms with van der Waals surface area (Å²) in [5.41, 5.74) is 0. The second kappa shape index (κ2) is 8.45. The molecule has 6 nitrogen and oxygen atoms in total. The molecule has 0 aliphatic carbocycles. The van der Waals surface area contributed by atoms with Crippen LogP contribution >= 0.6 is 0 Å². The summed E-state index contributed by atoms with van der Waals surface area (Å²) in [5.74, 6) is 2.57. The van der Waals surface area contributed by atoms with Crippen LogP contribution in [0.2, 0.25) is 0 Å². The molecule has 0 unspecified atom stereocenters. The van der Waals surface area contributed by atoms with Gasteiger partial charge in [-0.1, -0.05) is 24.6 Å². The van der Waals surface area contributed by atoms with Crippen LogP contribution in [-0.4, -0.2) is 56.6 Å². The van der Waals surface area contributed by atoms with Crippen molar-refractivity contribution in [1.82, 2.24) is 19.7 Å². The maximum atomic E-state index is 10.4. The molecule has 136 valence electrons. The smallest absolute Gasteiger partial charge is 0.147 e. The van der Waals surface area contributed by atoms with Crippen molar-refractivity contribution in [2.24, 2.45) is 0 Å². The molecule has 25 heavy (non-hydrogen) atoms. The van der Waals surface area contributed by atoms with Gasteiger partial charge in [-0.15, -0.1) is 0 Å². The number of β-amino-alcohol motifs (C(OH)–C–C–N with tert-alkyl or cyclic N) is 1. The van der Waals surface area contributed by atoms with Gasteiger partial charge < -0.3 is 9.84 Å². The molecule has 1 saturated heterocycles. The maximum absolute atomic E-state index is 10.4. The van der Waals surface area contributed by atoms with Gasteiger partial charge in [0.05, 0.1) is 6.54 Å². The van der Waals surface area contributed by atoms with Crippen LogP contribution in [0.4, 0.5) is 0 Å². The van der Waals surface area contributed by atoms with Crippen LogP contribution in [0.25, 0.3) is 0 Å². The first-order chi connectivity index (χ1) is 12.1. The van der Waals surface area contributed by atoms with E-state index in [4.69, 9.17) is 4.74 Å². The van der Waals surface area contributed by atoms with E-state index in [0.29, 0.717) is 19.2 Å². The van der Waals surface area contributed by atoms with Crippen LogP contribution in [0, 0.1) is 13.8 Å². The van der Waals surface area contributed by atoms with Gasteiger partial charge in [0.1, 0.15) is 30.1 Å². The lowest BCUT2D eigenvalue weighted by Crippen LogP contribution is -2.47. The standard InChI is InChI=1S/C19H28N4O2/c1-15-20-16(2)23(21-15)12-17-8-6-7-11-22(17)13-18(24)14-25-19-9-4-3-5-10-19/h3-5,9-10,17-18,24H,6-8,11-14H2,1-2H3/t17-,18-/m1/s1. The number of likely N-dealkylation sites (tertiary alicyclic amines) is 1. The lowest BCUT2D eigenvalue weighted by molar-refractivity contribution is 0.0343. The molecular weight excluding hydrogens is 316 g/mol. The first-order valence-electron chi connectivity index (χ1n) is 9.10. The minimum atomic E-state index is -0.501. The van der Waals surface area contributed by atoms with E-state index in [1.807, 2.05) is 48.9 Å². The number of hydrogen-bond acceptors (Lipinski definition) is 5. The van der Waals surface area contributed by atoms with Crippen molar-refractivity contribution >= 4 is 0 Å². The highest BCUT2D eigenvalue weighted by Crippen LogP contribution is 2.19. The summed E-state index contributed by atoms with van der Waals surface area (Å²) in [6.07, 6.45) is 3.03. The molecule has 2 atom stereocenters. The largest absolute Gasteiger partial charge is 0.491 e. The number of aryl methyl sites for hydroxylation is 2. The van der Waals surface area contributed by atoms with Gasteiger partial charge in [-0.05, 0) is 45.4 Å². The summed E-state index contributed by atoms with van der Waals surface area (Å²) in [4.78, 5) is 6.76. The van der Waals surface area contributed by atoms with Crippen LogP contribution in [0.15, 0.2) is 30.3 Å². The molecule has 1 aromatic carbocycles. The summed E-state index contributed by atoms with van der Waals surface area (Å²) in [7, 11) is 0. The molecule has 1 aliphatic rings. The van der Waals surface area contributed by atoms with Crippen molar-refractivity contribution in [2.75, 3.05) is 19.7 Å². The molecule has 0 bridgehead atoms. The van der Waals surface area contributed by atoms with E-state index in [9.17, 15) is 5.11 Å². The second-order valence-electron chi connectivity index (χ2n) is 6.81. The number of ether oxygens (including phenoxy) is 1. The summed E-state index contributed by atoms with van der Waals surface area (Å²) in [6.45, 7) is 6.71. The predicted octanol–water partition coefficient (Wildman–Crippen LogP) is 2.19. The highest BCUT2D eigenvalue weighted by atomic mass is 16.5. The van der Waals surface area contributed by atoms with Crippen molar-refractivity contribution in [3.63, 3.8) is 0 Å². The highest BCUT2D eigenvalue weighted by molar-refractivity contribution is 5.20. The Bertz CT molecular complexity index is 659. The van der Waals surface area contributed by atoms with Gasteiger partial charge in [-0.3, -0.25) is 4.90 Å². The molecule has 6 heteroatoms. The number of para-hydroxylation sites is 1. The first-order valence-corrected chi connectivity index (χ1v) is 9.10. The van der Waals surface area contributed by atoms with Crippen LogP contribution in [-0.2, 0) is 6.54 Å². The van der Waals surface area contributed by atoms with Gasteiger partial charge >= 0.3 is 0 Å². The number of benzene rings is 1. The molecule has 1 aliphatic heterocycles. The molecule has 2 aromatic rings. The van der Waals surface area contributed by atoms with E-state index in [2.05, 4.69) is 15.0 Å². The zero-order valence-electron chi connectivity index (χ0n) is 15.1. The number of hydrogen-bond donors (Lipinski definition) is 1. The number of aromatic nitrogens is 3. The van der Waals surface area contributed by atoms with E-state index >= 15 is 0 Å². The Hall–Kier alpha value is -1.92. The molecule has 1 fully saturated rings. The van der Waals surface area contributed by atoms with Crippen LogP contribution < -0.4 is 4.74 Å². The third-order valence-corrected chi connectivity index (χ3v) is 4.73. The van der Waals surface area contributed by atoms with E-state index < -0.39 is 6.10 Å². The lowest BCUT2D eigenvalue weighted by atomic mass is 10.0. The first kappa shape index (κ1) is 17.9. The van der Waals surface area contributed by atoms with Crippen molar-refractivity contribution < 1.29 is 9.84 Å². The Morgan fingerprint density at radius 3 is 2.76 bits per heavy atom. The minimum Gasteiger partial charge on any atom is -0.491 e. The van der Waals surface area contributed by atoms with E-state index in [1.165, 1.54) is 12.8 Å². The Labute approximate surface area is 149 Å². The van der Waals surface area contributed by atoms with Gasteiger partial charge in [0.25, 0.3) is 0 Å². The maximum Gasteiger partial charge on any atom is 0.147 e. The molecular formula is C19H28N4O2. The number of nitrogens with zero attached hydrogens (tertiary/aromatic N) is 4. The second-order valence-corrected chi connectivity index (χ2v) is 6.81. The lowest BCUT2D eigenvalue weighted by Gasteiger charge is -2.36. The number of piperidine rings is 1. The molecule has 1 N–H and O–H groups in total. The van der Waals surface area contributed by atoms with Gasteiger partial charge in [0.2, 0.25) is 0 Å². The minimum absolute atomic E-state index is 0.314. The summed E-state index contributed by atoms with van der Waals surface area (Å²) >= 11 is 0. The molecule has 1 aromatic heterocycles. The quantitative estimate of drug-likeness (QED) is 0.834. The number of aliphatic hydroxyl groups is 1. The molecule has 2 heterocycles. The highest BCUT2D eigenvalue weighted by Gasteiger charge is 2.25. The Morgan fingerprint density at radius 1 is 1.24 bits per heavy atom. The van der Waals surface area contributed by atoms with Crippen molar-refractivity contribution in [2.45, 2.75) is 51.8 Å². The van der Waals surface area contributed by atoms with Gasteiger partial charge in [-0.25, -0.2) is 9.67 Å². The Kier molecular flexibility index (Phi) is 6.04. The molecule has 0 spiro atoms. The normalized spacial score (nSPS) is 19.7. The van der Waals surface area contributed by atoms with E-state index in [1.54, 1.807) is 0 Å². The SMILES string of the molecule is Cc1nc(C)n(C[C@H]2CCCCN2C[C@@H](O)COc2ccccc2)n1. The molecule has 0 amide bonds. The van der Waals surface area contributed by atoms with Gasteiger partial charge in [0.15, 0.2) is 0 Å². The zero-order chi connectivity index (χ0) is 17.6. The van der Waals surface area contributed by atoms with Gasteiger partial charge in [-0.2, -0.15) is 5.10 Å². The topological polar surface area (TPSA) is 63.4 Å². The summed E-state index contributed by atoms with van der Waals surface area (Å²) < 4.78 is 7.67. The average Bonchev–Trinajstić information content (AvgIpc) is 2.93. The predicted molar refractivity (Wildman–Crippen MR) is 96.7 cm³/mol. The van der Waals surface area contributed by atoms with Crippen LogP contribution in [0.1, 0.15) is 30.9 Å². The van der Waals surface area contributed by atoms with Crippen LogP contribution in [0.5, 0.6) is 5.75 Å². The summed E-state index contributed by atoms with van der Waals surface area (Å²) in [6, 6.07) is 10.0. The Balaban J connectivity index is 1.54. The van der Waals surface area contributed by atoms with Crippen molar-refractivity contribution in [1.29, 1.82) is 0 Å². The zero-order valence-corrected chi connectivity index (χ0v) is 15.1. The van der Waals surface area contributed by atoms with Gasteiger partial charge in [0, 0.05) is 12.6 Å². The third kappa shape index (κ3) is 5.03. The fourth-order valence-corrected chi connectivity index (χ4v) is 3.47. The fraction of sp³-hybridized carbons (Fsp3) is 0.579. The number of aliphatic hydroxyl groups excluding tert-OH is 1. The molecule has 0 radical (unpaired) electrons. The molecule has 0 saturated carbocycles. The van der Waals surface area contributed by atoms with Crippen molar-refractivity contribution in [3.8, 4) is 5.75 Å². The van der Waals surface area contributed by atoms with E-state index in [-0.39, 0.29) is 0 Å². The number of rotatable bonds is 7. The Morgan fingerprint density at radius 2 is 2.04 bits per heavy atom.